The van der Waals surface area contributed by atoms with Gasteiger partial charge in [0.25, 0.3) is 0 Å². The minimum Gasteiger partial charge on any atom is -0.497 e. The number of methoxy groups -OCH3 is 1. The highest BCUT2D eigenvalue weighted by Gasteiger charge is 2.39. The van der Waals surface area contributed by atoms with Gasteiger partial charge in [0.15, 0.2) is 5.96 Å². The molecule has 2 atom stereocenters. The molecule has 0 saturated heterocycles. The topological polar surface area (TPSA) is 50.9 Å². The number of hydrogen-bond acceptors (Lipinski definition) is 2. The summed E-state index contributed by atoms with van der Waals surface area (Å²) < 4.78 is 5.26. The lowest BCUT2D eigenvalue weighted by molar-refractivity contribution is 0.414. The van der Waals surface area contributed by atoms with Crippen molar-refractivity contribution in [1.29, 1.82) is 0 Å². The van der Waals surface area contributed by atoms with E-state index in [1.807, 2.05) is 19.2 Å². The molecule has 0 heterocycles. The van der Waals surface area contributed by atoms with Crippen molar-refractivity contribution < 1.29 is 4.74 Å². The highest BCUT2D eigenvalue weighted by Crippen LogP contribution is 2.44. The third kappa shape index (κ3) is 2.67. The summed E-state index contributed by atoms with van der Waals surface area (Å²) in [6.45, 7) is 0. The van der Waals surface area contributed by atoms with Gasteiger partial charge in [-0.25, -0.2) is 4.99 Å². The third-order valence-electron chi connectivity index (χ3n) is 4.03. The Labute approximate surface area is 114 Å². The Kier molecular flexibility index (Phi) is 3.09. The lowest BCUT2D eigenvalue weighted by atomic mass is 10.1. The molecule has 4 nitrogen and oxygen atoms in total. The number of nitrogens with zero attached hydrogens (tertiary/aromatic N) is 2. The second-order valence-electron chi connectivity index (χ2n) is 5.52. The van der Waals surface area contributed by atoms with Crippen LogP contribution >= 0.6 is 0 Å². The van der Waals surface area contributed by atoms with E-state index in [1.165, 1.54) is 18.4 Å². The van der Waals surface area contributed by atoms with Gasteiger partial charge in [0.1, 0.15) is 5.75 Å². The Hall–Kier alpha value is -1.71. The molecule has 0 radical (unpaired) electrons. The van der Waals surface area contributed by atoms with Crippen LogP contribution in [0.15, 0.2) is 29.3 Å². The van der Waals surface area contributed by atoms with Crippen LogP contribution in [0.2, 0.25) is 0 Å². The molecule has 0 aromatic heterocycles. The zero-order valence-electron chi connectivity index (χ0n) is 11.5. The molecule has 1 aromatic carbocycles. The lowest BCUT2D eigenvalue weighted by Gasteiger charge is -2.16. The fourth-order valence-corrected chi connectivity index (χ4v) is 2.46. The molecule has 0 unspecified atom stereocenters. The van der Waals surface area contributed by atoms with E-state index in [2.05, 4.69) is 22.0 Å². The highest BCUT2D eigenvalue weighted by molar-refractivity contribution is 5.79. The van der Waals surface area contributed by atoms with Crippen LogP contribution in [0.5, 0.6) is 5.75 Å². The van der Waals surface area contributed by atoms with E-state index in [9.17, 15) is 0 Å². The number of rotatable bonds is 4. The standard InChI is InChI=1S/C15H21N3O/c1-18(11-6-7-11)15(16)17-14-9-13(14)10-4-3-5-12(8-10)19-2/h3-5,8,11,13-14H,6-7,9H2,1-2H3,(H2,16,17)/t13-,14+/m0/s1. The Balaban J connectivity index is 1.65. The zero-order valence-corrected chi connectivity index (χ0v) is 11.5. The summed E-state index contributed by atoms with van der Waals surface area (Å²) in [5.74, 6) is 2.11. The third-order valence-corrected chi connectivity index (χ3v) is 4.03. The van der Waals surface area contributed by atoms with Gasteiger partial charge in [-0.1, -0.05) is 12.1 Å². The number of aliphatic imine (C=N–C) groups is 1. The van der Waals surface area contributed by atoms with E-state index >= 15 is 0 Å². The van der Waals surface area contributed by atoms with Gasteiger partial charge in [-0.05, 0) is 37.0 Å². The normalized spacial score (nSPS) is 26.1. The van der Waals surface area contributed by atoms with Crippen LogP contribution < -0.4 is 10.5 Å². The van der Waals surface area contributed by atoms with E-state index in [0.29, 0.717) is 24.0 Å². The van der Waals surface area contributed by atoms with Crippen molar-refractivity contribution in [3.05, 3.63) is 29.8 Å². The summed E-state index contributed by atoms with van der Waals surface area (Å²) in [7, 11) is 3.74. The van der Waals surface area contributed by atoms with Crippen LogP contribution in [0, 0.1) is 0 Å². The van der Waals surface area contributed by atoms with Crippen molar-refractivity contribution in [3.63, 3.8) is 0 Å². The van der Waals surface area contributed by atoms with E-state index in [-0.39, 0.29) is 0 Å². The second kappa shape index (κ2) is 4.76. The summed E-state index contributed by atoms with van der Waals surface area (Å²) in [6, 6.07) is 9.21. The van der Waals surface area contributed by atoms with Crippen molar-refractivity contribution in [1.82, 2.24) is 4.90 Å². The van der Waals surface area contributed by atoms with Gasteiger partial charge in [0, 0.05) is 19.0 Å². The first-order valence-electron chi connectivity index (χ1n) is 6.89. The van der Waals surface area contributed by atoms with E-state index in [1.54, 1.807) is 7.11 Å². The quantitative estimate of drug-likeness (QED) is 0.664. The van der Waals surface area contributed by atoms with Crippen LogP contribution in [0.1, 0.15) is 30.7 Å². The van der Waals surface area contributed by atoms with Gasteiger partial charge < -0.3 is 15.4 Å². The molecular formula is C15H21N3O. The summed E-state index contributed by atoms with van der Waals surface area (Å²) in [5.41, 5.74) is 7.35. The van der Waals surface area contributed by atoms with Gasteiger partial charge in [-0.3, -0.25) is 0 Å². The summed E-state index contributed by atoms with van der Waals surface area (Å²) in [5, 5.41) is 0. The van der Waals surface area contributed by atoms with Crippen LogP contribution in [0.4, 0.5) is 0 Å². The summed E-state index contributed by atoms with van der Waals surface area (Å²) >= 11 is 0. The number of guanidine groups is 1. The Morgan fingerprint density at radius 1 is 1.42 bits per heavy atom. The minimum absolute atomic E-state index is 0.341. The molecule has 2 saturated carbocycles. The summed E-state index contributed by atoms with van der Waals surface area (Å²) in [6.07, 6.45) is 3.58. The molecule has 2 aliphatic rings. The maximum atomic E-state index is 6.05. The molecule has 2 N–H and O–H groups in total. The maximum Gasteiger partial charge on any atom is 0.191 e. The lowest BCUT2D eigenvalue weighted by Crippen LogP contribution is -2.36. The molecule has 2 fully saturated rings. The molecule has 0 amide bonds. The van der Waals surface area contributed by atoms with Crippen molar-refractivity contribution >= 4 is 5.96 Å². The number of ether oxygens (including phenoxy) is 1. The van der Waals surface area contributed by atoms with Gasteiger partial charge in [-0.15, -0.1) is 0 Å². The smallest absolute Gasteiger partial charge is 0.191 e. The molecule has 0 bridgehead atoms. The fourth-order valence-electron chi connectivity index (χ4n) is 2.46. The van der Waals surface area contributed by atoms with Crippen LogP contribution in [0.25, 0.3) is 0 Å². The van der Waals surface area contributed by atoms with E-state index in [4.69, 9.17) is 10.5 Å². The maximum absolute atomic E-state index is 6.05. The predicted molar refractivity (Wildman–Crippen MR) is 76.5 cm³/mol. The molecule has 1 aromatic rings. The summed E-state index contributed by atoms with van der Waals surface area (Å²) in [4.78, 5) is 6.75. The number of hydrogen-bond donors (Lipinski definition) is 1. The van der Waals surface area contributed by atoms with Crippen LogP contribution in [0.3, 0.4) is 0 Å². The first-order chi connectivity index (χ1) is 9.19. The van der Waals surface area contributed by atoms with Crippen LogP contribution in [-0.4, -0.2) is 37.1 Å². The van der Waals surface area contributed by atoms with Gasteiger partial charge >= 0.3 is 0 Å². The average molecular weight is 259 g/mol. The van der Waals surface area contributed by atoms with E-state index in [0.717, 1.165) is 12.2 Å². The molecular weight excluding hydrogens is 238 g/mol. The van der Waals surface area contributed by atoms with Gasteiger partial charge in [0.2, 0.25) is 0 Å². The van der Waals surface area contributed by atoms with E-state index < -0.39 is 0 Å². The van der Waals surface area contributed by atoms with Gasteiger partial charge in [0.05, 0.1) is 13.2 Å². The first kappa shape index (κ1) is 12.3. The number of nitrogens with two attached hydrogens (primary N) is 1. The number of benzene rings is 1. The van der Waals surface area contributed by atoms with Crippen molar-refractivity contribution in [2.24, 2.45) is 10.7 Å². The molecule has 3 rings (SSSR count). The molecule has 102 valence electrons. The van der Waals surface area contributed by atoms with Gasteiger partial charge in [-0.2, -0.15) is 0 Å². The Morgan fingerprint density at radius 3 is 2.89 bits per heavy atom. The second-order valence-corrected chi connectivity index (χ2v) is 5.52. The monoisotopic (exact) mass is 259 g/mol. The zero-order chi connectivity index (χ0) is 13.4. The molecule has 19 heavy (non-hydrogen) atoms. The predicted octanol–water partition coefficient (Wildman–Crippen LogP) is 1.96. The molecule has 4 heteroatoms. The molecule has 0 spiro atoms. The average Bonchev–Trinajstić information content (AvgIpc) is 3.31. The van der Waals surface area contributed by atoms with Crippen molar-refractivity contribution in [3.8, 4) is 5.75 Å². The Bertz CT molecular complexity index is 496. The Morgan fingerprint density at radius 2 is 2.21 bits per heavy atom. The fraction of sp³-hybridized carbons (Fsp3) is 0.533. The first-order valence-corrected chi connectivity index (χ1v) is 6.89. The molecule has 0 aliphatic heterocycles. The largest absolute Gasteiger partial charge is 0.497 e. The van der Waals surface area contributed by atoms with Crippen LogP contribution in [-0.2, 0) is 0 Å². The SMILES string of the molecule is COc1cccc([C@@H]2C[C@H]2N=C(N)N(C)C2CC2)c1. The highest BCUT2D eigenvalue weighted by atomic mass is 16.5. The molecule has 2 aliphatic carbocycles. The minimum atomic E-state index is 0.341. The van der Waals surface area contributed by atoms with Crippen molar-refractivity contribution in [2.75, 3.05) is 14.2 Å². The van der Waals surface area contributed by atoms with Crippen molar-refractivity contribution in [2.45, 2.75) is 37.3 Å².